The van der Waals surface area contributed by atoms with Crippen molar-refractivity contribution in [3.8, 4) is 0 Å². The molecule has 0 bridgehead atoms. The molecule has 1 aliphatic rings. The summed E-state index contributed by atoms with van der Waals surface area (Å²) in [6, 6.07) is 0.263. The van der Waals surface area contributed by atoms with Crippen LogP contribution >= 0.6 is 0 Å². The van der Waals surface area contributed by atoms with Gasteiger partial charge in [0.25, 0.3) is 0 Å². The van der Waals surface area contributed by atoms with Crippen LogP contribution in [0.5, 0.6) is 0 Å². The molecule has 0 atom stereocenters. The minimum Gasteiger partial charge on any atom is -0.361 e. The maximum Gasteiger partial charge on any atom is 0.329 e. The van der Waals surface area contributed by atoms with Crippen LogP contribution in [0.2, 0.25) is 0 Å². The number of aromatic nitrogens is 2. The van der Waals surface area contributed by atoms with Crippen LogP contribution in [0.25, 0.3) is 0 Å². The summed E-state index contributed by atoms with van der Waals surface area (Å²) in [4.78, 5) is 17.9. The van der Waals surface area contributed by atoms with Crippen molar-refractivity contribution < 1.29 is 4.92 Å². The quantitative estimate of drug-likeness (QED) is 0.390. The molecule has 1 aliphatic carbocycles. The Morgan fingerprint density at radius 3 is 2.81 bits per heavy atom. The number of nitrogen functional groups attached to an aromatic ring is 1. The zero-order chi connectivity index (χ0) is 11.5. The molecule has 1 saturated carbocycles. The van der Waals surface area contributed by atoms with Gasteiger partial charge in [0.15, 0.2) is 0 Å². The fourth-order valence-electron chi connectivity index (χ4n) is 1.43. The van der Waals surface area contributed by atoms with Gasteiger partial charge >= 0.3 is 5.69 Å². The number of anilines is 2. The van der Waals surface area contributed by atoms with E-state index < -0.39 is 4.92 Å². The largest absolute Gasteiger partial charge is 0.361 e. The van der Waals surface area contributed by atoms with E-state index in [0.29, 0.717) is 0 Å². The van der Waals surface area contributed by atoms with Crippen LogP contribution in [0, 0.1) is 10.1 Å². The number of nitrogens with two attached hydrogens (primary N) is 1. The van der Waals surface area contributed by atoms with Crippen LogP contribution in [0.3, 0.4) is 0 Å². The highest BCUT2D eigenvalue weighted by molar-refractivity contribution is 5.57. The van der Waals surface area contributed by atoms with Crippen molar-refractivity contribution in [3.05, 3.63) is 16.3 Å². The van der Waals surface area contributed by atoms with E-state index in [0.717, 1.165) is 25.5 Å². The van der Waals surface area contributed by atoms with E-state index in [1.54, 1.807) is 0 Å². The first-order chi connectivity index (χ1) is 7.70. The van der Waals surface area contributed by atoms with E-state index >= 15 is 0 Å². The van der Waals surface area contributed by atoms with Gasteiger partial charge in [-0.2, -0.15) is 4.98 Å². The summed E-state index contributed by atoms with van der Waals surface area (Å²) in [6.07, 6.45) is 4.29. The monoisotopic (exact) mass is 224 g/mol. The van der Waals surface area contributed by atoms with E-state index in [2.05, 4.69) is 20.7 Å². The van der Waals surface area contributed by atoms with Gasteiger partial charge in [0.1, 0.15) is 6.20 Å². The molecule has 1 aromatic heterocycles. The number of rotatable bonds is 4. The molecule has 16 heavy (non-hydrogen) atoms. The Hall–Kier alpha value is -1.96. The van der Waals surface area contributed by atoms with Crippen LogP contribution < -0.4 is 16.6 Å². The topological polar surface area (TPSA) is 119 Å². The molecule has 0 unspecified atom stereocenters. The number of hydrazine groups is 1. The molecular weight excluding hydrogens is 212 g/mol. The minimum atomic E-state index is -0.513. The molecule has 0 aliphatic heterocycles. The number of hydrogen-bond donors (Lipinski definition) is 3. The Labute approximate surface area is 91.4 Å². The summed E-state index contributed by atoms with van der Waals surface area (Å²) in [5, 5.41) is 13.8. The lowest BCUT2D eigenvalue weighted by Crippen LogP contribution is -2.28. The molecule has 8 heteroatoms. The van der Waals surface area contributed by atoms with Crippen molar-refractivity contribution in [1.82, 2.24) is 9.97 Å². The first-order valence-electron chi connectivity index (χ1n) is 4.95. The average molecular weight is 224 g/mol. The van der Waals surface area contributed by atoms with Crippen LogP contribution in [0.4, 0.5) is 17.5 Å². The molecule has 4 N–H and O–H groups in total. The number of hydrogen-bond acceptors (Lipinski definition) is 7. The summed E-state index contributed by atoms with van der Waals surface area (Å²) in [5.74, 6) is 5.53. The molecule has 1 fully saturated rings. The smallest absolute Gasteiger partial charge is 0.329 e. The highest BCUT2D eigenvalue weighted by atomic mass is 16.6. The van der Waals surface area contributed by atoms with Gasteiger partial charge in [0.2, 0.25) is 11.8 Å². The standard InChI is InChI=1S/C8H12N6O2/c9-13-8-10-4-6(14(15)16)7(12-8)11-5-2-1-3-5/h4-5H,1-3,9H2,(H2,10,11,12,13). The molecule has 1 heterocycles. The highest BCUT2D eigenvalue weighted by Crippen LogP contribution is 2.27. The third-order valence-electron chi connectivity index (χ3n) is 2.54. The predicted molar refractivity (Wildman–Crippen MR) is 57.8 cm³/mol. The zero-order valence-electron chi connectivity index (χ0n) is 8.51. The van der Waals surface area contributed by atoms with Crippen molar-refractivity contribution in [2.45, 2.75) is 25.3 Å². The summed E-state index contributed by atoms with van der Waals surface area (Å²) in [7, 11) is 0. The molecule has 86 valence electrons. The second-order valence-electron chi connectivity index (χ2n) is 3.60. The maximum atomic E-state index is 10.7. The summed E-state index contributed by atoms with van der Waals surface area (Å²) in [6.45, 7) is 0. The van der Waals surface area contributed by atoms with Crippen LogP contribution in [-0.4, -0.2) is 20.9 Å². The van der Waals surface area contributed by atoms with Gasteiger partial charge in [0, 0.05) is 6.04 Å². The Bertz CT molecular complexity index is 406. The maximum absolute atomic E-state index is 10.7. The second-order valence-corrected chi connectivity index (χ2v) is 3.60. The van der Waals surface area contributed by atoms with Crippen LogP contribution in [-0.2, 0) is 0 Å². The molecule has 8 nitrogen and oxygen atoms in total. The number of nitrogens with zero attached hydrogens (tertiary/aromatic N) is 3. The Morgan fingerprint density at radius 1 is 1.56 bits per heavy atom. The number of nitrogens with one attached hydrogen (secondary N) is 2. The van der Waals surface area contributed by atoms with Gasteiger partial charge in [-0.15, -0.1) is 0 Å². The molecule has 0 saturated heterocycles. The van der Waals surface area contributed by atoms with Gasteiger partial charge in [-0.1, -0.05) is 0 Å². The van der Waals surface area contributed by atoms with Crippen molar-refractivity contribution in [2.75, 3.05) is 10.7 Å². The number of nitro groups is 1. The molecule has 0 aromatic carbocycles. The highest BCUT2D eigenvalue weighted by Gasteiger charge is 2.23. The van der Waals surface area contributed by atoms with Gasteiger partial charge in [-0.05, 0) is 19.3 Å². The lowest BCUT2D eigenvalue weighted by Gasteiger charge is -2.26. The fraction of sp³-hybridized carbons (Fsp3) is 0.500. The Balaban J connectivity index is 2.25. The summed E-state index contributed by atoms with van der Waals surface area (Å²) in [5.41, 5.74) is 2.12. The third-order valence-corrected chi connectivity index (χ3v) is 2.54. The average Bonchev–Trinajstić information content (AvgIpc) is 2.22. The van der Waals surface area contributed by atoms with Crippen molar-refractivity contribution >= 4 is 17.5 Å². The summed E-state index contributed by atoms with van der Waals surface area (Å²) >= 11 is 0. The fourth-order valence-corrected chi connectivity index (χ4v) is 1.43. The lowest BCUT2D eigenvalue weighted by atomic mass is 9.93. The van der Waals surface area contributed by atoms with E-state index in [4.69, 9.17) is 5.84 Å². The molecule has 0 radical (unpaired) electrons. The molecule has 0 spiro atoms. The van der Waals surface area contributed by atoms with Gasteiger partial charge in [0.05, 0.1) is 4.92 Å². The predicted octanol–water partition coefficient (Wildman–Crippen LogP) is 0.635. The second kappa shape index (κ2) is 4.27. The van der Waals surface area contributed by atoms with E-state index in [9.17, 15) is 10.1 Å². The van der Waals surface area contributed by atoms with E-state index in [1.807, 2.05) is 0 Å². The third kappa shape index (κ3) is 2.01. The zero-order valence-corrected chi connectivity index (χ0v) is 8.51. The van der Waals surface area contributed by atoms with Crippen molar-refractivity contribution in [1.29, 1.82) is 0 Å². The first kappa shape index (κ1) is 10.6. The molecule has 0 amide bonds. The van der Waals surface area contributed by atoms with Crippen molar-refractivity contribution in [2.24, 2.45) is 5.84 Å². The molecule has 2 rings (SSSR count). The molecule has 1 aromatic rings. The van der Waals surface area contributed by atoms with Gasteiger partial charge in [-0.3, -0.25) is 15.5 Å². The van der Waals surface area contributed by atoms with Crippen LogP contribution in [0.1, 0.15) is 19.3 Å². The lowest BCUT2D eigenvalue weighted by molar-refractivity contribution is -0.384. The minimum absolute atomic E-state index is 0.133. The summed E-state index contributed by atoms with van der Waals surface area (Å²) < 4.78 is 0. The first-order valence-corrected chi connectivity index (χ1v) is 4.95. The van der Waals surface area contributed by atoms with Crippen LogP contribution in [0.15, 0.2) is 6.20 Å². The van der Waals surface area contributed by atoms with E-state index in [-0.39, 0.29) is 23.5 Å². The SMILES string of the molecule is NNc1ncc([N+](=O)[O-])c(NC2CCC2)n1. The van der Waals surface area contributed by atoms with E-state index in [1.165, 1.54) is 0 Å². The van der Waals surface area contributed by atoms with Crippen molar-refractivity contribution in [3.63, 3.8) is 0 Å². The molecular formula is C8H12N6O2. The Kier molecular flexibility index (Phi) is 2.82. The Morgan fingerprint density at radius 2 is 2.31 bits per heavy atom. The van der Waals surface area contributed by atoms with Gasteiger partial charge in [-0.25, -0.2) is 10.8 Å². The normalized spacial score (nSPS) is 15.3. The van der Waals surface area contributed by atoms with Gasteiger partial charge < -0.3 is 5.32 Å².